The summed E-state index contributed by atoms with van der Waals surface area (Å²) in [6.45, 7) is 6.10. The van der Waals surface area contributed by atoms with Crippen LogP contribution in [0.15, 0.2) is 54.6 Å². The Hall–Kier alpha value is -1.60. The number of aryl methyl sites for hydroxylation is 1. The van der Waals surface area contributed by atoms with Crippen molar-refractivity contribution in [3.05, 3.63) is 71.3 Å². The molecule has 0 spiro atoms. The minimum atomic E-state index is 0.0870. The standard InChI is InChI=1S/C15H17N.C2H6/c1-12-7-9-13(10-8-12)11-15(16)14-5-3-2-4-6-14;1-2/h2-10,15H,11,16H2,1H3;1-2H3/t15-;/m0./s1. The lowest BCUT2D eigenvalue weighted by Crippen LogP contribution is -2.13. The van der Waals surface area contributed by atoms with E-state index in [1.54, 1.807) is 0 Å². The maximum atomic E-state index is 6.17. The van der Waals surface area contributed by atoms with Gasteiger partial charge in [0.2, 0.25) is 0 Å². The van der Waals surface area contributed by atoms with Gasteiger partial charge in [0.1, 0.15) is 0 Å². The van der Waals surface area contributed by atoms with Crippen molar-refractivity contribution in [3.63, 3.8) is 0 Å². The molecule has 0 bridgehead atoms. The quantitative estimate of drug-likeness (QED) is 0.853. The second-order valence-corrected chi connectivity index (χ2v) is 4.21. The highest BCUT2D eigenvalue weighted by Gasteiger charge is 2.05. The Balaban J connectivity index is 0.000000771. The molecular formula is C17H23N. The van der Waals surface area contributed by atoms with Crippen LogP contribution in [0.25, 0.3) is 0 Å². The summed E-state index contributed by atoms with van der Waals surface area (Å²) in [6.07, 6.45) is 0.893. The molecule has 1 atom stereocenters. The van der Waals surface area contributed by atoms with Crippen molar-refractivity contribution in [1.29, 1.82) is 0 Å². The van der Waals surface area contributed by atoms with Crippen molar-refractivity contribution >= 4 is 0 Å². The van der Waals surface area contributed by atoms with Crippen LogP contribution >= 0.6 is 0 Å². The topological polar surface area (TPSA) is 26.0 Å². The molecule has 18 heavy (non-hydrogen) atoms. The predicted octanol–water partition coefficient (Wildman–Crippen LogP) is 4.26. The van der Waals surface area contributed by atoms with E-state index >= 15 is 0 Å². The molecule has 2 aromatic rings. The molecule has 1 heteroatoms. The van der Waals surface area contributed by atoms with Gasteiger partial charge in [-0.05, 0) is 24.5 Å². The van der Waals surface area contributed by atoms with E-state index in [2.05, 4.69) is 43.3 Å². The van der Waals surface area contributed by atoms with Crippen LogP contribution in [0.3, 0.4) is 0 Å². The van der Waals surface area contributed by atoms with Crippen LogP contribution in [0.5, 0.6) is 0 Å². The fourth-order valence-corrected chi connectivity index (χ4v) is 1.80. The molecule has 2 aromatic carbocycles. The highest BCUT2D eigenvalue weighted by Crippen LogP contribution is 2.15. The molecule has 0 fully saturated rings. The van der Waals surface area contributed by atoms with Crippen molar-refractivity contribution < 1.29 is 0 Å². The minimum absolute atomic E-state index is 0.0870. The molecule has 0 aliphatic rings. The van der Waals surface area contributed by atoms with E-state index in [4.69, 9.17) is 5.73 Å². The van der Waals surface area contributed by atoms with E-state index in [1.807, 2.05) is 32.0 Å². The zero-order valence-corrected chi connectivity index (χ0v) is 11.6. The number of hydrogen-bond acceptors (Lipinski definition) is 1. The normalized spacial score (nSPS) is 11.3. The lowest BCUT2D eigenvalue weighted by Gasteiger charge is -2.12. The van der Waals surface area contributed by atoms with Gasteiger partial charge in [0, 0.05) is 6.04 Å². The summed E-state index contributed by atoms with van der Waals surface area (Å²) >= 11 is 0. The fraction of sp³-hybridized carbons (Fsp3) is 0.294. The van der Waals surface area contributed by atoms with E-state index in [9.17, 15) is 0 Å². The van der Waals surface area contributed by atoms with E-state index in [0.29, 0.717) is 0 Å². The first kappa shape index (κ1) is 14.5. The van der Waals surface area contributed by atoms with Gasteiger partial charge in [-0.2, -0.15) is 0 Å². The molecule has 2 N–H and O–H groups in total. The van der Waals surface area contributed by atoms with Crippen molar-refractivity contribution in [3.8, 4) is 0 Å². The Kier molecular flexibility index (Phi) is 6.16. The lowest BCUT2D eigenvalue weighted by molar-refractivity contribution is 0.722. The minimum Gasteiger partial charge on any atom is -0.324 e. The Morgan fingerprint density at radius 2 is 1.44 bits per heavy atom. The molecule has 2 rings (SSSR count). The maximum Gasteiger partial charge on any atom is 0.0335 e. The summed E-state index contributed by atoms with van der Waals surface area (Å²) < 4.78 is 0. The van der Waals surface area contributed by atoms with Crippen molar-refractivity contribution in [2.45, 2.75) is 33.2 Å². The zero-order chi connectivity index (χ0) is 13.4. The average molecular weight is 241 g/mol. The summed E-state index contributed by atoms with van der Waals surface area (Å²) in [5.74, 6) is 0. The summed E-state index contributed by atoms with van der Waals surface area (Å²) in [5, 5.41) is 0. The first-order valence-corrected chi connectivity index (χ1v) is 6.62. The third kappa shape index (κ3) is 4.34. The molecule has 0 radical (unpaired) electrons. The van der Waals surface area contributed by atoms with Crippen molar-refractivity contribution in [2.75, 3.05) is 0 Å². The van der Waals surface area contributed by atoms with Crippen LogP contribution in [0.4, 0.5) is 0 Å². The predicted molar refractivity (Wildman–Crippen MR) is 79.6 cm³/mol. The van der Waals surface area contributed by atoms with Crippen molar-refractivity contribution in [1.82, 2.24) is 0 Å². The third-order valence-corrected chi connectivity index (χ3v) is 2.80. The smallest absolute Gasteiger partial charge is 0.0335 e. The van der Waals surface area contributed by atoms with E-state index in [-0.39, 0.29) is 6.04 Å². The van der Waals surface area contributed by atoms with Gasteiger partial charge in [0.25, 0.3) is 0 Å². The van der Waals surface area contributed by atoms with E-state index in [1.165, 1.54) is 16.7 Å². The van der Waals surface area contributed by atoms with Crippen molar-refractivity contribution in [2.24, 2.45) is 5.73 Å². The molecule has 96 valence electrons. The zero-order valence-electron chi connectivity index (χ0n) is 11.6. The molecule has 0 aliphatic heterocycles. The summed E-state index contributed by atoms with van der Waals surface area (Å²) in [6, 6.07) is 18.9. The first-order chi connectivity index (χ1) is 8.75. The highest BCUT2D eigenvalue weighted by atomic mass is 14.6. The maximum absolute atomic E-state index is 6.17. The Morgan fingerprint density at radius 3 is 2.00 bits per heavy atom. The van der Waals surface area contributed by atoms with Gasteiger partial charge in [-0.3, -0.25) is 0 Å². The summed E-state index contributed by atoms with van der Waals surface area (Å²) in [5.41, 5.74) is 9.94. The van der Waals surface area contributed by atoms with Gasteiger partial charge in [-0.25, -0.2) is 0 Å². The molecule has 0 amide bonds. The number of nitrogens with two attached hydrogens (primary N) is 1. The average Bonchev–Trinajstić information content (AvgIpc) is 2.44. The lowest BCUT2D eigenvalue weighted by atomic mass is 9.99. The molecule has 0 heterocycles. The monoisotopic (exact) mass is 241 g/mol. The van der Waals surface area contributed by atoms with Gasteiger partial charge in [-0.15, -0.1) is 0 Å². The van der Waals surface area contributed by atoms with Crippen LogP contribution in [0.1, 0.15) is 36.6 Å². The molecule has 0 saturated heterocycles. The van der Waals surface area contributed by atoms with Gasteiger partial charge < -0.3 is 5.73 Å². The molecule has 1 nitrogen and oxygen atoms in total. The number of rotatable bonds is 3. The van der Waals surface area contributed by atoms with Crippen LogP contribution in [-0.4, -0.2) is 0 Å². The Bertz CT molecular complexity index is 431. The number of benzene rings is 2. The number of hydrogen-bond donors (Lipinski definition) is 1. The summed E-state index contributed by atoms with van der Waals surface area (Å²) in [7, 11) is 0. The molecule has 0 aliphatic carbocycles. The fourth-order valence-electron chi connectivity index (χ4n) is 1.80. The third-order valence-electron chi connectivity index (χ3n) is 2.80. The van der Waals surface area contributed by atoms with Crippen LogP contribution < -0.4 is 5.73 Å². The van der Waals surface area contributed by atoms with Crippen LogP contribution in [0, 0.1) is 6.92 Å². The SMILES string of the molecule is CC.Cc1ccc(C[C@H](N)c2ccccc2)cc1. The second-order valence-electron chi connectivity index (χ2n) is 4.21. The molecule has 0 unspecified atom stereocenters. The molecule has 0 saturated carbocycles. The Labute approximate surface area is 111 Å². The molecule has 0 aromatic heterocycles. The van der Waals surface area contributed by atoms with Gasteiger partial charge in [-0.1, -0.05) is 74.0 Å². The highest BCUT2D eigenvalue weighted by molar-refractivity contribution is 5.25. The van der Waals surface area contributed by atoms with E-state index in [0.717, 1.165) is 6.42 Å². The largest absolute Gasteiger partial charge is 0.324 e. The van der Waals surface area contributed by atoms with Gasteiger partial charge in [0.15, 0.2) is 0 Å². The first-order valence-electron chi connectivity index (χ1n) is 6.62. The van der Waals surface area contributed by atoms with E-state index < -0.39 is 0 Å². The van der Waals surface area contributed by atoms with Gasteiger partial charge >= 0.3 is 0 Å². The second kappa shape index (κ2) is 7.67. The Morgan fingerprint density at radius 1 is 0.889 bits per heavy atom. The summed E-state index contributed by atoms with van der Waals surface area (Å²) in [4.78, 5) is 0. The van der Waals surface area contributed by atoms with Crippen LogP contribution in [0.2, 0.25) is 0 Å². The molecular weight excluding hydrogens is 218 g/mol. The van der Waals surface area contributed by atoms with Crippen LogP contribution in [-0.2, 0) is 6.42 Å². The van der Waals surface area contributed by atoms with Gasteiger partial charge in [0.05, 0.1) is 0 Å².